The summed E-state index contributed by atoms with van der Waals surface area (Å²) < 4.78 is 67.4. The van der Waals surface area contributed by atoms with Crippen LogP contribution in [0.2, 0.25) is 0 Å². The number of aryl methyl sites for hydroxylation is 1. The monoisotopic (exact) mass is 538 g/mol. The second-order valence-corrected chi connectivity index (χ2v) is 11.8. The summed E-state index contributed by atoms with van der Waals surface area (Å²) in [5, 5.41) is 0. The van der Waals surface area contributed by atoms with Gasteiger partial charge in [0.25, 0.3) is 0 Å². The predicted molar refractivity (Wildman–Crippen MR) is 135 cm³/mol. The summed E-state index contributed by atoms with van der Waals surface area (Å²) in [4.78, 5) is 16.6. The Morgan fingerprint density at radius 3 is 2.31 bits per heavy atom. The number of carbonyl (C=O) groups excluding carboxylic acids is 1. The second-order valence-electron chi connectivity index (χ2n) is 8.47. The maximum Gasteiger partial charge on any atom is 0.416 e. The van der Waals surface area contributed by atoms with E-state index in [-0.39, 0.29) is 13.1 Å². The molecular formula is C26H29F3N2O3S2. The number of rotatable bonds is 11. The normalized spacial score (nSPS) is 12.2. The first-order valence-corrected chi connectivity index (χ1v) is 13.8. The molecule has 10 heteroatoms. The molecule has 3 aromatic rings. The van der Waals surface area contributed by atoms with Crippen molar-refractivity contribution in [3.8, 4) is 0 Å². The lowest BCUT2D eigenvalue weighted by Gasteiger charge is -2.27. The van der Waals surface area contributed by atoms with Crippen LogP contribution >= 0.6 is 11.3 Å². The molecule has 0 atom stereocenters. The van der Waals surface area contributed by atoms with E-state index in [1.54, 1.807) is 16.2 Å². The lowest BCUT2D eigenvalue weighted by molar-refractivity contribution is -0.137. The summed E-state index contributed by atoms with van der Waals surface area (Å²) in [6.07, 6.45) is -3.56. The van der Waals surface area contributed by atoms with Crippen molar-refractivity contribution in [3.05, 3.63) is 87.6 Å². The number of hydrogen-bond acceptors (Lipinski definition) is 4. The molecule has 0 N–H and O–H groups in total. The fourth-order valence-corrected chi connectivity index (χ4v) is 6.03. The van der Waals surface area contributed by atoms with Crippen LogP contribution in [0, 0.1) is 6.92 Å². The van der Waals surface area contributed by atoms with Gasteiger partial charge in [-0.15, -0.1) is 11.3 Å². The van der Waals surface area contributed by atoms with Crippen LogP contribution in [-0.2, 0) is 34.1 Å². The first kappa shape index (κ1) is 27.9. The van der Waals surface area contributed by atoms with E-state index < -0.39 is 39.1 Å². The van der Waals surface area contributed by atoms with Gasteiger partial charge < -0.3 is 4.90 Å². The molecular weight excluding hydrogens is 509 g/mol. The lowest BCUT2D eigenvalue weighted by atomic mass is 10.2. The van der Waals surface area contributed by atoms with Crippen molar-refractivity contribution in [2.45, 2.75) is 50.9 Å². The van der Waals surface area contributed by atoms with Crippen molar-refractivity contribution in [1.82, 2.24) is 9.21 Å². The highest BCUT2D eigenvalue weighted by atomic mass is 32.2. The third-order valence-corrected chi connectivity index (χ3v) is 8.41. The van der Waals surface area contributed by atoms with Gasteiger partial charge in [0, 0.05) is 22.8 Å². The Balaban J connectivity index is 1.90. The first-order chi connectivity index (χ1) is 17.0. The van der Waals surface area contributed by atoms with Crippen molar-refractivity contribution in [2.24, 2.45) is 0 Å². The number of alkyl halides is 3. The highest BCUT2D eigenvalue weighted by Gasteiger charge is 2.34. The first-order valence-electron chi connectivity index (χ1n) is 11.5. The molecule has 0 aliphatic rings. The van der Waals surface area contributed by atoms with Gasteiger partial charge in [-0.05, 0) is 49.2 Å². The number of carbonyl (C=O) groups is 1. The zero-order valence-electron chi connectivity index (χ0n) is 20.2. The number of amides is 1. The summed E-state index contributed by atoms with van der Waals surface area (Å²) in [5.41, 5.74) is -0.163. The van der Waals surface area contributed by atoms with Gasteiger partial charge in [-0.3, -0.25) is 4.79 Å². The molecule has 36 heavy (non-hydrogen) atoms. The second kappa shape index (κ2) is 12.0. The van der Waals surface area contributed by atoms with Crippen LogP contribution in [0.25, 0.3) is 0 Å². The van der Waals surface area contributed by atoms with E-state index in [1.165, 1.54) is 0 Å². The molecule has 0 saturated heterocycles. The highest BCUT2D eigenvalue weighted by molar-refractivity contribution is 7.89. The standard InChI is InChI=1S/C26H29F3N2O3S2/c1-3-4-15-31(36(33,34)24-12-8-11-22(16-24)26(27,28)29)19-25(32)30(17-21-9-6-5-7-10-21)18-23-14-13-20(2)35-23/h5-14,16H,3-4,15,17-19H2,1-2H3. The minimum atomic E-state index is -4.68. The Kier molecular flexibility index (Phi) is 9.32. The highest BCUT2D eigenvalue weighted by Crippen LogP contribution is 2.31. The average Bonchev–Trinajstić information content (AvgIpc) is 3.25. The lowest BCUT2D eigenvalue weighted by Crippen LogP contribution is -2.42. The Morgan fingerprint density at radius 2 is 1.69 bits per heavy atom. The van der Waals surface area contributed by atoms with Crippen LogP contribution in [0.5, 0.6) is 0 Å². The molecule has 0 saturated carbocycles. The van der Waals surface area contributed by atoms with Crippen molar-refractivity contribution in [3.63, 3.8) is 0 Å². The molecule has 0 radical (unpaired) electrons. The average molecular weight is 539 g/mol. The zero-order valence-corrected chi connectivity index (χ0v) is 21.8. The fourth-order valence-electron chi connectivity index (χ4n) is 3.65. The summed E-state index contributed by atoms with van der Waals surface area (Å²) in [6.45, 7) is 3.98. The Morgan fingerprint density at radius 1 is 0.972 bits per heavy atom. The minimum Gasteiger partial charge on any atom is -0.332 e. The van der Waals surface area contributed by atoms with Crippen LogP contribution < -0.4 is 0 Å². The van der Waals surface area contributed by atoms with Crippen molar-refractivity contribution >= 4 is 27.3 Å². The molecule has 0 aliphatic heterocycles. The van der Waals surface area contributed by atoms with E-state index in [0.717, 1.165) is 37.8 Å². The van der Waals surface area contributed by atoms with Crippen molar-refractivity contribution < 1.29 is 26.4 Å². The molecule has 2 aromatic carbocycles. The van der Waals surface area contributed by atoms with Crippen LogP contribution in [0.3, 0.4) is 0 Å². The van der Waals surface area contributed by atoms with Gasteiger partial charge in [0.1, 0.15) is 0 Å². The van der Waals surface area contributed by atoms with Gasteiger partial charge in [0.2, 0.25) is 15.9 Å². The maximum atomic E-state index is 13.5. The SMILES string of the molecule is CCCCN(CC(=O)N(Cc1ccccc1)Cc1ccc(C)s1)S(=O)(=O)c1cccc(C(F)(F)F)c1. The third-order valence-electron chi connectivity index (χ3n) is 5.58. The van der Waals surface area contributed by atoms with Crippen LogP contribution in [0.15, 0.2) is 71.6 Å². The molecule has 0 aliphatic carbocycles. The van der Waals surface area contributed by atoms with Crippen LogP contribution in [0.4, 0.5) is 13.2 Å². The molecule has 3 rings (SSSR count). The zero-order chi connectivity index (χ0) is 26.3. The molecule has 0 spiro atoms. The van der Waals surface area contributed by atoms with E-state index in [4.69, 9.17) is 0 Å². The molecule has 0 unspecified atom stereocenters. The number of nitrogens with zero attached hydrogens (tertiary/aromatic N) is 2. The quantitative estimate of drug-likeness (QED) is 0.297. The van der Waals surface area contributed by atoms with E-state index >= 15 is 0 Å². The summed E-state index contributed by atoms with van der Waals surface area (Å²) in [5.74, 6) is -0.420. The summed E-state index contributed by atoms with van der Waals surface area (Å²) in [7, 11) is -4.34. The fraction of sp³-hybridized carbons (Fsp3) is 0.346. The van der Waals surface area contributed by atoms with Crippen molar-refractivity contribution in [1.29, 1.82) is 0 Å². The maximum absolute atomic E-state index is 13.5. The third kappa shape index (κ3) is 7.41. The smallest absolute Gasteiger partial charge is 0.332 e. The van der Waals surface area contributed by atoms with E-state index in [0.29, 0.717) is 25.5 Å². The summed E-state index contributed by atoms with van der Waals surface area (Å²) in [6, 6.07) is 16.9. The minimum absolute atomic E-state index is 0.0259. The summed E-state index contributed by atoms with van der Waals surface area (Å²) >= 11 is 1.55. The number of thiophene rings is 1. The number of sulfonamides is 1. The molecule has 1 aromatic heterocycles. The molecule has 194 valence electrons. The predicted octanol–water partition coefficient (Wildman–Crippen LogP) is 6.10. The number of halogens is 3. The Bertz CT molecular complexity index is 1260. The van der Waals surface area contributed by atoms with Gasteiger partial charge in [-0.2, -0.15) is 17.5 Å². The Labute approximate surface area is 214 Å². The number of benzene rings is 2. The molecule has 5 nitrogen and oxygen atoms in total. The topological polar surface area (TPSA) is 57.7 Å². The Hall–Kier alpha value is -2.69. The number of unbranched alkanes of at least 4 members (excludes halogenated alkanes) is 1. The van der Waals surface area contributed by atoms with E-state index in [9.17, 15) is 26.4 Å². The molecule has 0 bridgehead atoms. The van der Waals surface area contributed by atoms with Gasteiger partial charge in [-0.25, -0.2) is 8.42 Å². The van der Waals surface area contributed by atoms with Gasteiger partial charge >= 0.3 is 6.18 Å². The van der Waals surface area contributed by atoms with E-state index in [2.05, 4.69) is 0 Å². The van der Waals surface area contributed by atoms with E-state index in [1.807, 2.05) is 56.3 Å². The molecule has 1 heterocycles. The van der Waals surface area contributed by atoms with Gasteiger partial charge in [-0.1, -0.05) is 49.7 Å². The number of hydrogen-bond donors (Lipinski definition) is 0. The van der Waals surface area contributed by atoms with Gasteiger partial charge in [0.15, 0.2) is 0 Å². The molecule has 1 amide bonds. The van der Waals surface area contributed by atoms with Crippen LogP contribution in [0.1, 0.15) is 40.6 Å². The van der Waals surface area contributed by atoms with Crippen LogP contribution in [-0.4, -0.2) is 36.6 Å². The van der Waals surface area contributed by atoms with Gasteiger partial charge in [0.05, 0.1) is 23.5 Å². The molecule has 0 fully saturated rings. The largest absolute Gasteiger partial charge is 0.416 e. The van der Waals surface area contributed by atoms with Crippen molar-refractivity contribution in [2.75, 3.05) is 13.1 Å².